The molecule has 0 unspecified atom stereocenters. The van der Waals surface area contributed by atoms with E-state index in [1.54, 1.807) is 7.11 Å². The largest absolute Gasteiger partial charge is 0.398 e. The van der Waals surface area contributed by atoms with Gasteiger partial charge in [-0.1, -0.05) is 6.07 Å². The standard InChI is InChI=1S/C14H22N2O2/c1-9-6-7-11(15)10(2)13(9)16-12(17)8-14(3,4)18-5/h6-7H,8,15H2,1-5H3,(H,16,17). The Labute approximate surface area is 109 Å². The van der Waals surface area contributed by atoms with Gasteiger partial charge in [0.1, 0.15) is 0 Å². The van der Waals surface area contributed by atoms with E-state index in [0.717, 1.165) is 16.8 Å². The Hall–Kier alpha value is -1.55. The predicted octanol–water partition coefficient (Wildman–Crippen LogP) is 2.64. The van der Waals surface area contributed by atoms with Crippen molar-refractivity contribution in [3.8, 4) is 0 Å². The molecule has 0 radical (unpaired) electrons. The van der Waals surface area contributed by atoms with E-state index >= 15 is 0 Å². The van der Waals surface area contributed by atoms with Crippen LogP contribution in [0.25, 0.3) is 0 Å². The normalized spacial score (nSPS) is 11.4. The van der Waals surface area contributed by atoms with Crippen molar-refractivity contribution in [2.24, 2.45) is 0 Å². The van der Waals surface area contributed by atoms with E-state index in [1.165, 1.54) is 0 Å². The van der Waals surface area contributed by atoms with Crippen LogP contribution in [0.1, 0.15) is 31.4 Å². The van der Waals surface area contributed by atoms with Crippen molar-refractivity contribution in [3.05, 3.63) is 23.3 Å². The predicted molar refractivity (Wildman–Crippen MR) is 74.7 cm³/mol. The van der Waals surface area contributed by atoms with E-state index in [2.05, 4.69) is 5.32 Å². The molecule has 0 aliphatic carbocycles. The lowest BCUT2D eigenvalue weighted by Crippen LogP contribution is -2.29. The molecule has 1 aromatic rings. The van der Waals surface area contributed by atoms with E-state index in [-0.39, 0.29) is 5.91 Å². The van der Waals surface area contributed by atoms with Crippen molar-refractivity contribution in [2.45, 2.75) is 39.7 Å². The highest BCUT2D eigenvalue weighted by molar-refractivity contribution is 5.93. The summed E-state index contributed by atoms with van der Waals surface area (Å²) >= 11 is 0. The fraction of sp³-hybridized carbons (Fsp3) is 0.500. The first kappa shape index (κ1) is 14.5. The minimum absolute atomic E-state index is 0.0707. The number of carbonyl (C=O) groups is 1. The van der Waals surface area contributed by atoms with Crippen molar-refractivity contribution in [1.82, 2.24) is 0 Å². The average Bonchev–Trinajstić information content (AvgIpc) is 2.29. The number of nitrogens with one attached hydrogen (secondary N) is 1. The maximum atomic E-state index is 12.0. The number of benzene rings is 1. The van der Waals surface area contributed by atoms with Crippen LogP contribution in [0.2, 0.25) is 0 Å². The zero-order chi connectivity index (χ0) is 13.9. The van der Waals surface area contributed by atoms with Crippen LogP contribution in [0.5, 0.6) is 0 Å². The Bertz CT molecular complexity index is 453. The van der Waals surface area contributed by atoms with Gasteiger partial charge in [-0.05, 0) is 44.9 Å². The maximum absolute atomic E-state index is 12.0. The molecule has 0 saturated carbocycles. The first-order valence-electron chi connectivity index (χ1n) is 5.97. The van der Waals surface area contributed by atoms with Gasteiger partial charge in [0.2, 0.25) is 5.91 Å². The van der Waals surface area contributed by atoms with Crippen molar-refractivity contribution in [3.63, 3.8) is 0 Å². The van der Waals surface area contributed by atoms with Crippen LogP contribution in [-0.2, 0) is 9.53 Å². The molecule has 4 nitrogen and oxygen atoms in total. The number of anilines is 2. The molecule has 1 amide bonds. The second-order valence-electron chi connectivity index (χ2n) is 5.16. The van der Waals surface area contributed by atoms with Crippen LogP contribution < -0.4 is 11.1 Å². The topological polar surface area (TPSA) is 64.3 Å². The zero-order valence-corrected chi connectivity index (χ0v) is 11.8. The number of rotatable bonds is 4. The van der Waals surface area contributed by atoms with E-state index < -0.39 is 5.60 Å². The highest BCUT2D eigenvalue weighted by Gasteiger charge is 2.21. The summed E-state index contributed by atoms with van der Waals surface area (Å²) in [6, 6.07) is 3.75. The highest BCUT2D eigenvalue weighted by Crippen LogP contribution is 2.26. The molecule has 100 valence electrons. The quantitative estimate of drug-likeness (QED) is 0.807. The summed E-state index contributed by atoms with van der Waals surface area (Å²) in [5, 5.41) is 2.91. The Morgan fingerprint density at radius 2 is 2.00 bits per heavy atom. The SMILES string of the molecule is COC(C)(C)CC(=O)Nc1c(C)ccc(N)c1C. The minimum Gasteiger partial charge on any atom is -0.398 e. The summed E-state index contributed by atoms with van der Waals surface area (Å²) in [7, 11) is 1.60. The van der Waals surface area contributed by atoms with Crippen LogP contribution in [0.4, 0.5) is 11.4 Å². The Morgan fingerprint density at radius 1 is 1.39 bits per heavy atom. The molecule has 0 heterocycles. The third kappa shape index (κ3) is 3.47. The number of nitrogen functional groups attached to an aromatic ring is 1. The van der Waals surface area contributed by atoms with Gasteiger partial charge in [-0.15, -0.1) is 0 Å². The fourth-order valence-electron chi connectivity index (χ4n) is 1.70. The Kier molecular flexibility index (Phi) is 4.35. The molecule has 0 atom stereocenters. The third-order valence-electron chi connectivity index (χ3n) is 3.12. The molecule has 18 heavy (non-hydrogen) atoms. The number of nitrogens with two attached hydrogens (primary N) is 1. The van der Waals surface area contributed by atoms with Gasteiger partial charge in [0.25, 0.3) is 0 Å². The molecule has 1 rings (SSSR count). The average molecular weight is 250 g/mol. The van der Waals surface area contributed by atoms with Gasteiger partial charge >= 0.3 is 0 Å². The number of carbonyl (C=O) groups excluding carboxylic acids is 1. The van der Waals surface area contributed by atoms with Crippen LogP contribution in [0.3, 0.4) is 0 Å². The van der Waals surface area contributed by atoms with E-state index in [0.29, 0.717) is 12.1 Å². The van der Waals surface area contributed by atoms with Gasteiger partial charge in [-0.2, -0.15) is 0 Å². The monoisotopic (exact) mass is 250 g/mol. The first-order valence-corrected chi connectivity index (χ1v) is 5.97. The molecule has 0 aliphatic heterocycles. The van der Waals surface area contributed by atoms with Crippen LogP contribution in [0.15, 0.2) is 12.1 Å². The number of hydrogen-bond donors (Lipinski definition) is 2. The summed E-state index contributed by atoms with van der Waals surface area (Å²) < 4.78 is 5.24. The lowest BCUT2D eigenvalue weighted by Gasteiger charge is -2.22. The second-order valence-corrected chi connectivity index (χ2v) is 5.16. The number of methoxy groups -OCH3 is 1. The van der Waals surface area contributed by atoms with E-state index in [4.69, 9.17) is 10.5 Å². The minimum atomic E-state index is -0.466. The maximum Gasteiger partial charge on any atom is 0.227 e. The molecule has 0 saturated heterocycles. The number of aryl methyl sites for hydroxylation is 1. The molecule has 0 aliphatic rings. The number of amides is 1. The lowest BCUT2D eigenvalue weighted by atomic mass is 10.0. The van der Waals surface area contributed by atoms with E-state index in [9.17, 15) is 4.79 Å². The highest BCUT2D eigenvalue weighted by atomic mass is 16.5. The molecular weight excluding hydrogens is 228 g/mol. The van der Waals surface area contributed by atoms with E-state index in [1.807, 2.05) is 39.8 Å². The molecule has 1 aromatic carbocycles. The first-order chi connectivity index (χ1) is 8.26. The van der Waals surface area contributed by atoms with Crippen LogP contribution in [-0.4, -0.2) is 18.6 Å². The summed E-state index contributed by atoms with van der Waals surface area (Å²) in [6.07, 6.45) is 0.303. The Morgan fingerprint density at radius 3 is 2.56 bits per heavy atom. The van der Waals surface area contributed by atoms with Crippen LogP contribution in [0, 0.1) is 13.8 Å². The molecule has 4 heteroatoms. The van der Waals surface area contributed by atoms with Crippen molar-refractivity contribution in [1.29, 1.82) is 0 Å². The summed E-state index contributed by atoms with van der Waals surface area (Å²) in [4.78, 5) is 12.0. The zero-order valence-electron chi connectivity index (χ0n) is 11.8. The second kappa shape index (κ2) is 5.40. The van der Waals surface area contributed by atoms with Crippen molar-refractivity contribution >= 4 is 17.3 Å². The lowest BCUT2D eigenvalue weighted by molar-refractivity contribution is -0.121. The van der Waals surface area contributed by atoms with Crippen LogP contribution >= 0.6 is 0 Å². The summed E-state index contributed by atoms with van der Waals surface area (Å²) in [5.41, 5.74) is 8.76. The van der Waals surface area contributed by atoms with Crippen molar-refractivity contribution < 1.29 is 9.53 Å². The molecule has 0 bridgehead atoms. The summed E-state index contributed by atoms with van der Waals surface area (Å²) in [5.74, 6) is -0.0707. The molecule has 0 aromatic heterocycles. The van der Waals surface area contributed by atoms with Gasteiger partial charge in [0.15, 0.2) is 0 Å². The smallest absolute Gasteiger partial charge is 0.227 e. The Balaban J connectivity index is 2.86. The van der Waals surface area contributed by atoms with Crippen molar-refractivity contribution in [2.75, 3.05) is 18.2 Å². The number of hydrogen-bond acceptors (Lipinski definition) is 3. The third-order valence-corrected chi connectivity index (χ3v) is 3.12. The molecular formula is C14H22N2O2. The fourth-order valence-corrected chi connectivity index (χ4v) is 1.70. The molecule has 3 N–H and O–H groups in total. The summed E-state index contributed by atoms with van der Waals surface area (Å²) in [6.45, 7) is 7.61. The van der Waals surface area contributed by atoms with Gasteiger partial charge in [0, 0.05) is 18.5 Å². The molecule has 0 spiro atoms. The van der Waals surface area contributed by atoms with Gasteiger partial charge in [0.05, 0.1) is 12.0 Å². The number of ether oxygens (including phenoxy) is 1. The molecule has 0 fully saturated rings. The van der Waals surface area contributed by atoms with Gasteiger partial charge in [-0.3, -0.25) is 4.79 Å². The van der Waals surface area contributed by atoms with Gasteiger partial charge in [-0.25, -0.2) is 0 Å². The van der Waals surface area contributed by atoms with Gasteiger partial charge < -0.3 is 15.8 Å².